The molecule has 0 radical (unpaired) electrons. The number of benzene rings is 2. The molecule has 106 valence electrons. The standard InChI is InChI=1S/C17H13BrO3/c1-10-14-9-13(20-2)6-7-15(14)21-17(10)16(19)11-4-3-5-12(18)8-11/h3-9H,1-2H3. The van der Waals surface area contributed by atoms with Crippen molar-refractivity contribution in [2.45, 2.75) is 6.92 Å². The van der Waals surface area contributed by atoms with Gasteiger partial charge in [-0.3, -0.25) is 4.79 Å². The third-order valence-electron chi connectivity index (χ3n) is 3.44. The van der Waals surface area contributed by atoms with Crippen LogP contribution in [0.1, 0.15) is 21.7 Å². The molecule has 1 heterocycles. The van der Waals surface area contributed by atoms with Crippen molar-refractivity contribution in [3.8, 4) is 5.75 Å². The molecular formula is C17H13BrO3. The summed E-state index contributed by atoms with van der Waals surface area (Å²) in [6.45, 7) is 1.89. The molecule has 0 amide bonds. The zero-order valence-electron chi connectivity index (χ0n) is 11.6. The van der Waals surface area contributed by atoms with Gasteiger partial charge in [-0.05, 0) is 37.3 Å². The number of hydrogen-bond donors (Lipinski definition) is 0. The van der Waals surface area contributed by atoms with E-state index in [9.17, 15) is 4.79 Å². The maximum Gasteiger partial charge on any atom is 0.228 e. The second kappa shape index (κ2) is 5.37. The van der Waals surface area contributed by atoms with Crippen LogP contribution in [-0.4, -0.2) is 12.9 Å². The molecule has 0 unspecified atom stereocenters. The summed E-state index contributed by atoms with van der Waals surface area (Å²) in [5.41, 5.74) is 2.11. The number of halogens is 1. The minimum atomic E-state index is -0.121. The van der Waals surface area contributed by atoms with Crippen LogP contribution in [0.2, 0.25) is 0 Å². The molecule has 0 bridgehead atoms. The van der Waals surface area contributed by atoms with Crippen molar-refractivity contribution in [1.29, 1.82) is 0 Å². The van der Waals surface area contributed by atoms with Crippen LogP contribution in [-0.2, 0) is 0 Å². The number of rotatable bonds is 3. The van der Waals surface area contributed by atoms with Crippen molar-refractivity contribution in [2.75, 3.05) is 7.11 Å². The third-order valence-corrected chi connectivity index (χ3v) is 3.93. The van der Waals surface area contributed by atoms with Crippen LogP contribution in [0.3, 0.4) is 0 Å². The smallest absolute Gasteiger partial charge is 0.228 e. The maximum atomic E-state index is 12.6. The molecular weight excluding hydrogens is 332 g/mol. The molecule has 0 saturated carbocycles. The van der Waals surface area contributed by atoms with E-state index >= 15 is 0 Å². The molecule has 0 N–H and O–H groups in total. The largest absolute Gasteiger partial charge is 0.497 e. The van der Waals surface area contributed by atoms with Crippen LogP contribution in [0.4, 0.5) is 0 Å². The van der Waals surface area contributed by atoms with E-state index in [0.717, 1.165) is 21.2 Å². The van der Waals surface area contributed by atoms with E-state index < -0.39 is 0 Å². The lowest BCUT2D eigenvalue weighted by Crippen LogP contribution is -2.01. The molecule has 0 aliphatic rings. The summed E-state index contributed by atoms with van der Waals surface area (Å²) in [4.78, 5) is 12.6. The zero-order chi connectivity index (χ0) is 15.0. The van der Waals surface area contributed by atoms with Crippen molar-refractivity contribution in [3.05, 3.63) is 63.8 Å². The Kier molecular flexibility index (Phi) is 3.55. The first-order valence-corrected chi connectivity index (χ1v) is 7.27. The molecule has 0 aliphatic carbocycles. The summed E-state index contributed by atoms with van der Waals surface area (Å²) in [6, 6.07) is 12.8. The molecule has 4 heteroatoms. The Labute approximate surface area is 130 Å². The Morgan fingerprint density at radius 1 is 1.19 bits per heavy atom. The van der Waals surface area contributed by atoms with Crippen molar-refractivity contribution in [1.82, 2.24) is 0 Å². The molecule has 1 aromatic heterocycles. The predicted octanol–water partition coefficient (Wildman–Crippen LogP) is 4.74. The Hall–Kier alpha value is -2.07. The lowest BCUT2D eigenvalue weighted by molar-refractivity contribution is 0.101. The first-order chi connectivity index (χ1) is 10.1. The van der Waals surface area contributed by atoms with Crippen molar-refractivity contribution in [2.24, 2.45) is 0 Å². The first kappa shape index (κ1) is 13.9. The van der Waals surface area contributed by atoms with Gasteiger partial charge < -0.3 is 9.15 Å². The summed E-state index contributed by atoms with van der Waals surface area (Å²) in [6.07, 6.45) is 0. The summed E-state index contributed by atoms with van der Waals surface area (Å²) < 4.78 is 11.8. The first-order valence-electron chi connectivity index (χ1n) is 6.47. The van der Waals surface area contributed by atoms with Gasteiger partial charge in [0.1, 0.15) is 11.3 Å². The summed E-state index contributed by atoms with van der Waals surface area (Å²) >= 11 is 3.38. The van der Waals surface area contributed by atoms with Crippen LogP contribution in [0.25, 0.3) is 11.0 Å². The van der Waals surface area contributed by atoms with E-state index in [1.54, 1.807) is 19.2 Å². The average Bonchev–Trinajstić information content (AvgIpc) is 2.83. The summed E-state index contributed by atoms with van der Waals surface area (Å²) in [7, 11) is 1.62. The van der Waals surface area contributed by atoms with E-state index in [2.05, 4.69) is 15.9 Å². The van der Waals surface area contributed by atoms with E-state index in [1.165, 1.54) is 0 Å². The second-order valence-corrected chi connectivity index (χ2v) is 5.67. The topological polar surface area (TPSA) is 39.4 Å². The molecule has 2 aromatic carbocycles. The Balaban J connectivity index is 2.12. The lowest BCUT2D eigenvalue weighted by atomic mass is 10.0. The molecule has 0 aliphatic heterocycles. The number of methoxy groups -OCH3 is 1. The molecule has 0 atom stereocenters. The number of ether oxygens (including phenoxy) is 1. The minimum Gasteiger partial charge on any atom is -0.497 e. The second-order valence-electron chi connectivity index (χ2n) is 4.76. The van der Waals surface area contributed by atoms with E-state index in [-0.39, 0.29) is 5.78 Å². The Morgan fingerprint density at radius 2 is 2.00 bits per heavy atom. The van der Waals surface area contributed by atoms with E-state index in [1.807, 2.05) is 37.3 Å². The number of hydrogen-bond acceptors (Lipinski definition) is 3. The quantitative estimate of drug-likeness (QED) is 0.644. The number of aryl methyl sites for hydroxylation is 1. The van der Waals surface area contributed by atoms with Crippen LogP contribution < -0.4 is 4.74 Å². The Morgan fingerprint density at radius 3 is 2.71 bits per heavy atom. The van der Waals surface area contributed by atoms with Gasteiger partial charge >= 0.3 is 0 Å². The van der Waals surface area contributed by atoms with Gasteiger partial charge in [-0.15, -0.1) is 0 Å². The molecule has 3 nitrogen and oxygen atoms in total. The third kappa shape index (κ3) is 2.47. The van der Waals surface area contributed by atoms with Gasteiger partial charge in [-0.1, -0.05) is 28.1 Å². The van der Waals surface area contributed by atoms with Crippen LogP contribution >= 0.6 is 15.9 Å². The van der Waals surface area contributed by atoms with E-state index in [0.29, 0.717) is 16.9 Å². The number of furan rings is 1. The molecule has 0 fully saturated rings. The van der Waals surface area contributed by atoms with Gasteiger partial charge in [-0.2, -0.15) is 0 Å². The fourth-order valence-corrected chi connectivity index (χ4v) is 2.70. The fraction of sp³-hybridized carbons (Fsp3) is 0.118. The maximum absolute atomic E-state index is 12.6. The number of ketones is 1. The highest BCUT2D eigenvalue weighted by molar-refractivity contribution is 9.10. The van der Waals surface area contributed by atoms with Gasteiger partial charge in [0.05, 0.1) is 7.11 Å². The van der Waals surface area contributed by atoms with Crippen LogP contribution in [0.5, 0.6) is 5.75 Å². The molecule has 0 spiro atoms. The lowest BCUT2D eigenvalue weighted by Gasteiger charge is -2.00. The molecule has 0 saturated heterocycles. The minimum absolute atomic E-state index is 0.121. The zero-order valence-corrected chi connectivity index (χ0v) is 13.2. The normalized spacial score (nSPS) is 10.8. The number of carbonyl (C=O) groups excluding carboxylic acids is 1. The van der Waals surface area contributed by atoms with Crippen LogP contribution in [0, 0.1) is 6.92 Å². The van der Waals surface area contributed by atoms with Crippen molar-refractivity contribution < 1.29 is 13.9 Å². The molecule has 21 heavy (non-hydrogen) atoms. The van der Waals surface area contributed by atoms with E-state index in [4.69, 9.17) is 9.15 Å². The predicted molar refractivity (Wildman–Crippen MR) is 85.1 cm³/mol. The van der Waals surface area contributed by atoms with Crippen molar-refractivity contribution in [3.63, 3.8) is 0 Å². The monoisotopic (exact) mass is 344 g/mol. The average molecular weight is 345 g/mol. The fourth-order valence-electron chi connectivity index (χ4n) is 2.30. The summed E-state index contributed by atoms with van der Waals surface area (Å²) in [5.74, 6) is 0.994. The van der Waals surface area contributed by atoms with Gasteiger partial charge in [0.15, 0.2) is 5.76 Å². The molecule has 3 aromatic rings. The SMILES string of the molecule is COc1ccc2oc(C(=O)c3cccc(Br)c3)c(C)c2c1. The highest BCUT2D eigenvalue weighted by Crippen LogP contribution is 2.30. The van der Waals surface area contributed by atoms with Gasteiger partial charge in [-0.25, -0.2) is 0 Å². The van der Waals surface area contributed by atoms with Crippen LogP contribution in [0.15, 0.2) is 51.4 Å². The number of fused-ring (bicyclic) bond motifs is 1. The number of carbonyl (C=O) groups is 1. The Bertz CT molecular complexity index is 833. The highest BCUT2D eigenvalue weighted by Gasteiger charge is 2.19. The highest BCUT2D eigenvalue weighted by atomic mass is 79.9. The van der Waals surface area contributed by atoms with Gasteiger partial charge in [0.25, 0.3) is 0 Å². The molecule has 3 rings (SSSR count). The van der Waals surface area contributed by atoms with Gasteiger partial charge in [0, 0.05) is 21.0 Å². The summed E-state index contributed by atoms with van der Waals surface area (Å²) in [5, 5.41) is 0.896. The van der Waals surface area contributed by atoms with Gasteiger partial charge in [0.2, 0.25) is 5.78 Å². The van der Waals surface area contributed by atoms with Crippen molar-refractivity contribution >= 4 is 32.7 Å².